The molecule has 0 heterocycles. The van der Waals surface area contributed by atoms with Crippen molar-refractivity contribution in [3.63, 3.8) is 0 Å². The van der Waals surface area contributed by atoms with Crippen LogP contribution in [0.4, 0.5) is 5.69 Å². The minimum Gasteiger partial charge on any atom is -0.322 e. The molecule has 0 saturated heterocycles. The molecule has 1 N–H and O–H groups in total. The molecule has 1 amide bonds. The summed E-state index contributed by atoms with van der Waals surface area (Å²) in [5.41, 5.74) is 2.75. The SMILES string of the molecule is O=C(Nc1cccc(CCCBr)c1)c1cc(Br)ccc1I. The Balaban J connectivity index is 2.14. The maximum atomic E-state index is 12.4. The first-order chi connectivity index (χ1) is 10.1. The standard InChI is InChI=1S/C16H14Br2INO/c17-8-2-4-11-3-1-5-13(9-11)20-16(21)14-10-12(18)6-7-15(14)19/h1,3,5-7,9-10H,2,4,8H2,(H,20,21). The number of alkyl halides is 1. The Hall–Kier alpha value is -0.400. The quantitative estimate of drug-likeness (QED) is 0.400. The van der Waals surface area contributed by atoms with E-state index in [0.717, 1.165) is 31.9 Å². The van der Waals surface area contributed by atoms with Crippen molar-refractivity contribution in [1.29, 1.82) is 0 Å². The molecule has 0 fully saturated rings. The van der Waals surface area contributed by atoms with E-state index in [0.29, 0.717) is 5.56 Å². The summed E-state index contributed by atoms with van der Waals surface area (Å²) in [6.07, 6.45) is 2.09. The Labute approximate surface area is 155 Å². The topological polar surface area (TPSA) is 29.1 Å². The van der Waals surface area contributed by atoms with Crippen LogP contribution in [0.5, 0.6) is 0 Å². The highest BCUT2D eigenvalue weighted by Gasteiger charge is 2.11. The van der Waals surface area contributed by atoms with E-state index in [4.69, 9.17) is 0 Å². The second-order valence-electron chi connectivity index (χ2n) is 4.57. The van der Waals surface area contributed by atoms with Crippen LogP contribution in [0.3, 0.4) is 0 Å². The Bertz CT molecular complexity index is 646. The Morgan fingerprint density at radius 3 is 2.76 bits per heavy atom. The van der Waals surface area contributed by atoms with Gasteiger partial charge in [0.05, 0.1) is 5.56 Å². The molecule has 110 valence electrons. The molecule has 0 bridgehead atoms. The molecule has 2 aromatic carbocycles. The van der Waals surface area contributed by atoms with Gasteiger partial charge in [0.25, 0.3) is 5.91 Å². The van der Waals surface area contributed by atoms with Crippen LogP contribution in [0.2, 0.25) is 0 Å². The van der Waals surface area contributed by atoms with E-state index < -0.39 is 0 Å². The fourth-order valence-electron chi connectivity index (χ4n) is 1.95. The number of carbonyl (C=O) groups excluding carboxylic acids is 1. The van der Waals surface area contributed by atoms with Crippen molar-refractivity contribution in [1.82, 2.24) is 0 Å². The van der Waals surface area contributed by atoms with Gasteiger partial charge >= 0.3 is 0 Å². The van der Waals surface area contributed by atoms with E-state index >= 15 is 0 Å². The Morgan fingerprint density at radius 2 is 2.00 bits per heavy atom. The van der Waals surface area contributed by atoms with Gasteiger partial charge in [-0.15, -0.1) is 0 Å². The van der Waals surface area contributed by atoms with Crippen LogP contribution in [0, 0.1) is 3.57 Å². The second-order valence-corrected chi connectivity index (χ2v) is 7.44. The van der Waals surface area contributed by atoms with Crippen molar-refractivity contribution in [3.05, 3.63) is 61.6 Å². The molecule has 0 radical (unpaired) electrons. The summed E-state index contributed by atoms with van der Waals surface area (Å²) in [4.78, 5) is 12.4. The highest BCUT2D eigenvalue weighted by atomic mass is 127. The molecule has 0 aliphatic heterocycles. The number of carbonyl (C=O) groups is 1. The molecule has 2 rings (SSSR count). The van der Waals surface area contributed by atoms with Crippen molar-refractivity contribution < 1.29 is 4.79 Å². The molecule has 0 aromatic heterocycles. The first-order valence-corrected chi connectivity index (χ1v) is 9.51. The lowest BCUT2D eigenvalue weighted by Crippen LogP contribution is -2.13. The van der Waals surface area contributed by atoms with Gasteiger partial charge in [0, 0.05) is 19.1 Å². The lowest BCUT2D eigenvalue weighted by atomic mass is 10.1. The third kappa shape index (κ3) is 5.07. The normalized spacial score (nSPS) is 10.4. The number of rotatable bonds is 5. The highest BCUT2D eigenvalue weighted by molar-refractivity contribution is 14.1. The third-order valence-electron chi connectivity index (χ3n) is 2.96. The number of halogens is 3. The van der Waals surface area contributed by atoms with E-state index in [1.54, 1.807) is 0 Å². The van der Waals surface area contributed by atoms with Crippen LogP contribution in [0.15, 0.2) is 46.9 Å². The predicted molar refractivity (Wildman–Crippen MR) is 103 cm³/mol. The number of benzene rings is 2. The fraction of sp³-hybridized carbons (Fsp3) is 0.188. The summed E-state index contributed by atoms with van der Waals surface area (Å²) >= 11 is 9.01. The van der Waals surface area contributed by atoms with Crippen LogP contribution in [-0.4, -0.2) is 11.2 Å². The smallest absolute Gasteiger partial charge is 0.256 e. The average Bonchev–Trinajstić information content (AvgIpc) is 2.48. The van der Waals surface area contributed by atoms with Gasteiger partial charge in [-0.3, -0.25) is 4.79 Å². The summed E-state index contributed by atoms with van der Waals surface area (Å²) in [6.45, 7) is 0. The van der Waals surface area contributed by atoms with Gasteiger partial charge in [-0.05, 0) is 71.3 Å². The highest BCUT2D eigenvalue weighted by Crippen LogP contribution is 2.20. The summed E-state index contributed by atoms with van der Waals surface area (Å²) in [6, 6.07) is 13.7. The summed E-state index contributed by atoms with van der Waals surface area (Å²) < 4.78 is 1.84. The van der Waals surface area contributed by atoms with E-state index in [1.165, 1.54) is 5.56 Å². The second kappa shape index (κ2) is 8.29. The summed E-state index contributed by atoms with van der Waals surface area (Å²) in [5.74, 6) is -0.0849. The molecule has 2 aromatic rings. The van der Waals surface area contributed by atoms with Crippen molar-refractivity contribution in [2.24, 2.45) is 0 Å². The predicted octanol–water partition coefficient (Wildman–Crippen LogP) is 5.63. The van der Waals surface area contributed by atoms with Gasteiger partial charge in [0.15, 0.2) is 0 Å². The van der Waals surface area contributed by atoms with E-state index in [9.17, 15) is 4.79 Å². The molecular weight excluding hydrogens is 509 g/mol. The van der Waals surface area contributed by atoms with Crippen molar-refractivity contribution >= 4 is 66.0 Å². The molecule has 5 heteroatoms. The monoisotopic (exact) mass is 521 g/mol. The largest absolute Gasteiger partial charge is 0.322 e. The lowest BCUT2D eigenvalue weighted by molar-refractivity contribution is 0.102. The van der Waals surface area contributed by atoms with Crippen LogP contribution in [-0.2, 0) is 6.42 Å². The first-order valence-electron chi connectivity index (χ1n) is 6.51. The van der Waals surface area contributed by atoms with Gasteiger partial charge in [-0.2, -0.15) is 0 Å². The molecule has 2 nitrogen and oxygen atoms in total. The van der Waals surface area contributed by atoms with E-state index in [1.807, 2.05) is 36.4 Å². The van der Waals surface area contributed by atoms with E-state index in [-0.39, 0.29) is 5.91 Å². The van der Waals surface area contributed by atoms with Crippen molar-refractivity contribution in [3.8, 4) is 0 Å². The molecule has 0 aliphatic carbocycles. The lowest BCUT2D eigenvalue weighted by Gasteiger charge is -2.09. The number of anilines is 1. The van der Waals surface area contributed by atoms with Crippen LogP contribution >= 0.6 is 54.5 Å². The summed E-state index contributed by atoms with van der Waals surface area (Å²) in [5, 5.41) is 3.95. The van der Waals surface area contributed by atoms with Crippen molar-refractivity contribution in [2.75, 3.05) is 10.6 Å². The van der Waals surface area contributed by atoms with Crippen LogP contribution in [0.25, 0.3) is 0 Å². The average molecular weight is 523 g/mol. The molecule has 0 atom stereocenters. The first kappa shape index (κ1) is 17.0. The van der Waals surface area contributed by atoms with Gasteiger partial charge in [-0.1, -0.05) is 44.0 Å². The molecule has 0 unspecified atom stereocenters. The zero-order valence-electron chi connectivity index (χ0n) is 11.2. The van der Waals surface area contributed by atoms with E-state index in [2.05, 4.69) is 65.8 Å². The molecule has 0 aliphatic rings. The maximum Gasteiger partial charge on any atom is 0.256 e. The third-order valence-corrected chi connectivity index (χ3v) is 4.95. The molecular formula is C16H14Br2INO. The zero-order chi connectivity index (χ0) is 15.2. The molecule has 21 heavy (non-hydrogen) atoms. The van der Waals surface area contributed by atoms with Crippen LogP contribution < -0.4 is 5.32 Å². The van der Waals surface area contributed by atoms with Crippen molar-refractivity contribution in [2.45, 2.75) is 12.8 Å². The fourth-order valence-corrected chi connectivity index (χ4v) is 3.17. The number of hydrogen-bond donors (Lipinski definition) is 1. The van der Waals surface area contributed by atoms with Crippen LogP contribution in [0.1, 0.15) is 22.3 Å². The van der Waals surface area contributed by atoms with Gasteiger partial charge in [-0.25, -0.2) is 0 Å². The number of amides is 1. The van der Waals surface area contributed by atoms with Gasteiger partial charge in [0.1, 0.15) is 0 Å². The van der Waals surface area contributed by atoms with Gasteiger partial charge in [0.2, 0.25) is 0 Å². The maximum absolute atomic E-state index is 12.4. The number of aryl methyl sites for hydroxylation is 1. The summed E-state index contributed by atoms with van der Waals surface area (Å²) in [7, 11) is 0. The minimum atomic E-state index is -0.0849. The van der Waals surface area contributed by atoms with Gasteiger partial charge < -0.3 is 5.32 Å². The Kier molecular flexibility index (Phi) is 6.70. The zero-order valence-corrected chi connectivity index (χ0v) is 16.5. The number of hydrogen-bond acceptors (Lipinski definition) is 1. The molecule has 0 spiro atoms. The number of nitrogens with one attached hydrogen (secondary N) is 1. The Morgan fingerprint density at radius 1 is 1.19 bits per heavy atom. The molecule has 0 saturated carbocycles. The minimum absolute atomic E-state index is 0.0849.